The third kappa shape index (κ3) is 3.69. The van der Waals surface area contributed by atoms with Gasteiger partial charge in [-0.05, 0) is 32.3 Å². The molecule has 2 aliphatic rings. The third-order valence-electron chi connectivity index (χ3n) is 5.78. The van der Waals surface area contributed by atoms with Gasteiger partial charge < -0.3 is 15.2 Å². The Labute approximate surface area is 154 Å². The van der Waals surface area contributed by atoms with Crippen LogP contribution in [0.5, 0.6) is 0 Å². The number of aryl methyl sites for hydroxylation is 1. The zero-order valence-electron chi connectivity index (χ0n) is 16.0. The van der Waals surface area contributed by atoms with Crippen LogP contribution in [0.2, 0.25) is 0 Å². The summed E-state index contributed by atoms with van der Waals surface area (Å²) in [6, 6.07) is 0.166. The Morgan fingerprint density at radius 2 is 1.77 bits per heavy atom. The van der Waals surface area contributed by atoms with Gasteiger partial charge in [0.1, 0.15) is 0 Å². The second-order valence-electron chi connectivity index (χ2n) is 7.75. The zero-order chi connectivity index (χ0) is 18.8. The third-order valence-corrected chi connectivity index (χ3v) is 5.78. The summed E-state index contributed by atoms with van der Waals surface area (Å²) in [5, 5.41) is 3.01. The van der Waals surface area contributed by atoms with Gasteiger partial charge in [0.2, 0.25) is 5.91 Å². The number of rotatable bonds is 4. The molecule has 1 aliphatic heterocycles. The van der Waals surface area contributed by atoms with Crippen molar-refractivity contribution in [2.24, 2.45) is 0 Å². The summed E-state index contributed by atoms with van der Waals surface area (Å²) < 4.78 is 0. The molecular weight excluding hydrogens is 330 g/mol. The van der Waals surface area contributed by atoms with Gasteiger partial charge >= 0.3 is 0 Å². The van der Waals surface area contributed by atoms with Crippen LogP contribution in [-0.4, -0.2) is 46.1 Å². The Kier molecular flexibility index (Phi) is 5.49. The number of aromatic nitrogens is 1. The predicted octanol–water partition coefficient (Wildman–Crippen LogP) is 2.89. The predicted molar refractivity (Wildman–Crippen MR) is 99.3 cm³/mol. The number of H-pyrrole nitrogens is 1. The highest BCUT2D eigenvalue weighted by atomic mass is 16.2. The van der Waals surface area contributed by atoms with Crippen molar-refractivity contribution in [2.45, 2.75) is 77.8 Å². The van der Waals surface area contributed by atoms with Crippen LogP contribution in [0.4, 0.5) is 0 Å². The number of Topliss-reactive ketones (excluding diaryl/α,β-unsaturated/α-hetero) is 1. The highest BCUT2D eigenvalue weighted by Gasteiger charge is 2.35. The highest BCUT2D eigenvalue weighted by molar-refractivity contribution is 6.02. The summed E-state index contributed by atoms with van der Waals surface area (Å²) in [6.07, 6.45) is 7.38. The molecule has 1 unspecified atom stereocenters. The molecule has 1 saturated carbocycles. The number of carbonyl (C=O) groups is 3. The van der Waals surface area contributed by atoms with Crippen LogP contribution in [0.1, 0.15) is 84.0 Å². The van der Waals surface area contributed by atoms with Crippen molar-refractivity contribution in [3.8, 4) is 0 Å². The number of nitrogens with zero attached hydrogens (tertiary/aromatic N) is 1. The maximum absolute atomic E-state index is 12.8. The molecule has 26 heavy (non-hydrogen) atoms. The second kappa shape index (κ2) is 7.64. The summed E-state index contributed by atoms with van der Waals surface area (Å²) in [5.41, 5.74) is 2.37. The fourth-order valence-electron chi connectivity index (χ4n) is 4.45. The lowest BCUT2D eigenvalue weighted by Gasteiger charge is -2.27. The summed E-state index contributed by atoms with van der Waals surface area (Å²) in [6.45, 7) is 5.66. The molecule has 0 bridgehead atoms. The van der Waals surface area contributed by atoms with Crippen molar-refractivity contribution in [1.82, 2.24) is 15.2 Å². The molecule has 2 amide bonds. The minimum absolute atomic E-state index is 0.0831. The summed E-state index contributed by atoms with van der Waals surface area (Å²) in [4.78, 5) is 41.9. The first kappa shape index (κ1) is 18.7. The summed E-state index contributed by atoms with van der Waals surface area (Å²) in [5.74, 6) is -0.140. The van der Waals surface area contributed by atoms with Crippen LogP contribution in [0.3, 0.4) is 0 Å². The number of nitrogens with one attached hydrogen (secondary N) is 2. The van der Waals surface area contributed by atoms with Gasteiger partial charge in [0.15, 0.2) is 5.78 Å². The number of carbonyl (C=O) groups excluding carboxylic acids is 3. The molecule has 2 N–H and O–H groups in total. The fraction of sp³-hybridized carbons (Fsp3) is 0.650. The SMILES string of the molecule is CC(=O)c1[nH]c(C)c(C(=O)NC2CC(=O)N(C3CCCCCC3)C2)c1C. The standard InChI is InChI=1S/C20H29N3O3/c1-12-18(13(2)21-19(12)14(3)24)20(26)22-15-10-17(25)23(11-15)16-8-6-4-5-7-9-16/h15-16,21H,4-11H2,1-3H3,(H,22,26). The Morgan fingerprint density at radius 3 is 2.35 bits per heavy atom. The molecule has 1 aromatic heterocycles. The van der Waals surface area contributed by atoms with Crippen molar-refractivity contribution in [1.29, 1.82) is 0 Å². The minimum Gasteiger partial charge on any atom is -0.355 e. The maximum atomic E-state index is 12.8. The van der Waals surface area contributed by atoms with E-state index in [4.69, 9.17) is 0 Å². The molecule has 2 heterocycles. The topological polar surface area (TPSA) is 82.3 Å². The molecule has 0 spiro atoms. The lowest BCUT2D eigenvalue weighted by molar-refractivity contribution is -0.129. The van der Waals surface area contributed by atoms with E-state index in [1.165, 1.54) is 32.6 Å². The van der Waals surface area contributed by atoms with Crippen molar-refractivity contribution >= 4 is 17.6 Å². The zero-order valence-corrected chi connectivity index (χ0v) is 16.0. The van der Waals surface area contributed by atoms with E-state index in [9.17, 15) is 14.4 Å². The normalized spacial score (nSPS) is 21.7. The van der Waals surface area contributed by atoms with Gasteiger partial charge in [-0.25, -0.2) is 0 Å². The van der Waals surface area contributed by atoms with Gasteiger partial charge in [0.25, 0.3) is 5.91 Å². The van der Waals surface area contributed by atoms with Gasteiger partial charge in [0, 0.05) is 31.6 Å². The molecule has 1 aliphatic carbocycles. The van der Waals surface area contributed by atoms with E-state index < -0.39 is 0 Å². The molecule has 6 nitrogen and oxygen atoms in total. The summed E-state index contributed by atoms with van der Waals surface area (Å²) in [7, 11) is 0. The van der Waals surface area contributed by atoms with Gasteiger partial charge in [-0.1, -0.05) is 25.7 Å². The Bertz CT molecular complexity index is 714. The molecule has 1 atom stereocenters. The molecule has 1 aromatic rings. The molecule has 2 fully saturated rings. The van der Waals surface area contributed by atoms with E-state index in [-0.39, 0.29) is 23.6 Å². The molecule has 3 rings (SSSR count). The molecule has 0 radical (unpaired) electrons. The van der Waals surface area contributed by atoms with Crippen LogP contribution in [0, 0.1) is 13.8 Å². The van der Waals surface area contributed by atoms with Crippen LogP contribution in [-0.2, 0) is 4.79 Å². The van der Waals surface area contributed by atoms with Crippen LogP contribution < -0.4 is 5.32 Å². The molecule has 1 saturated heterocycles. The van der Waals surface area contributed by atoms with Crippen LogP contribution in [0.15, 0.2) is 0 Å². The molecule has 6 heteroatoms. The van der Waals surface area contributed by atoms with Crippen molar-refractivity contribution in [2.75, 3.05) is 6.54 Å². The van der Waals surface area contributed by atoms with Crippen molar-refractivity contribution in [3.05, 3.63) is 22.5 Å². The lowest BCUT2D eigenvalue weighted by Crippen LogP contribution is -2.40. The number of aromatic amines is 1. The number of likely N-dealkylation sites (tertiary alicyclic amines) is 1. The minimum atomic E-state index is -0.204. The first-order chi connectivity index (χ1) is 12.4. The monoisotopic (exact) mass is 359 g/mol. The Hall–Kier alpha value is -2.11. The van der Waals surface area contributed by atoms with E-state index in [2.05, 4.69) is 10.3 Å². The summed E-state index contributed by atoms with van der Waals surface area (Å²) >= 11 is 0. The first-order valence-electron chi connectivity index (χ1n) is 9.69. The lowest BCUT2D eigenvalue weighted by atomic mass is 10.1. The van der Waals surface area contributed by atoms with Gasteiger partial charge in [-0.2, -0.15) is 0 Å². The largest absolute Gasteiger partial charge is 0.355 e. The van der Waals surface area contributed by atoms with E-state index in [1.807, 2.05) is 4.90 Å². The highest BCUT2D eigenvalue weighted by Crippen LogP contribution is 2.26. The maximum Gasteiger partial charge on any atom is 0.253 e. The molecule has 142 valence electrons. The smallest absolute Gasteiger partial charge is 0.253 e. The van der Waals surface area contributed by atoms with Crippen molar-refractivity contribution in [3.63, 3.8) is 0 Å². The number of ketones is 1. The van der Waals surface area contributed by atoms with Gasteiger partial charge in [0.05, 0.1) is 17.3 Å². The number of amides is 2. The second-order valence-corrected chi connectivity index (χ2v) is 7.75. The van der Waals surface area contributed by atoms with Gasteiger partial charge in [-0.3, -0.25) is 14.4 Å². The van der Waals surface area contributed by atoms with Crippen LogP contribution in [0.25, 0.3) is 0 Å². The van der Waals surface area contributed by atoms with Crippen LogP contribution >= 0.6 is 0 Å². The first-order valence-corrected chi connectivity index (χ1v) is 9.69. The number of hydrogen-bond donors (Lipinski definition) is 2. The Morgan fingerprint density at radius 1 is 1.12 bits per heavy atom. The molecular formula is C20H29N3O3. The Balaban J connectivity index is 1.67. The average Bonchev–Trinajstić information content (AvgIpc) is 2.94. The fourth-order valence-corrected chi connectivity index (χ4v) is 4.45. The number of hydrogen-bond acceptors (Lipinski definition) is 3. The van der Waals surface area contributed by atoms with E-state index in [0.717, 1.165) is 12.8 Å². The molecule has 0 aromatic carbocycles. The van der Waals surface area contributed by atoms with Crippen molar-refractivity contribution < 1.29 is 14.4 Å². The van der Waals surface area contributed by atoms with Gasteiger partial charge in [-0.15, -0.1) is 0 Å². The van der Waals surface area contributed by atoms with E-state index >= 15 is 0 Å². The average molecular weight is 359 g/mol. The van der Waals surface area contributed by atoms with E-state index in [1.54, 1.807) is 13.8 Å². The van der Waals surface area contributed by atoms with E-state index in [0.29, 0.717) is 41.5 Å². The quantitative estimate of drug-likeness (QED) is 0.640.